The predicted octanol–water partition coefficient (Wildman–Crippen LogP) is 5.60. The van der Waals surface area contributed by atoms with Crippen LogP contribution in [0.2, 0.25) is 5.02 Å². The number of nitrogens with two attached hydrogens (primary N) is 1. The van der Waals surface area contributed by atoms with Crippen molar-refractivity contribution in [2.24, 2.45) is 0 Å². The summed E-state index contributed by atoms with van der Waals surface area (Å²) in [4.78, 5) is 36.9. The standard InChI is InChI=1S/C37H35ClN5O9P/c1-47-26-16-12-24(13-17-26)37(23-8-4-3-5-9-23,25-14-18-27(48-2)19-15-25)49-21-31-30(52-53(45,46)51-29-11-7-6-10-28(29)38)20-32(50-31)43-22-40-33-34(43)41-36(39)42-35(33)44/h3-19,22,30-32H,20-21H2,1-2H3,(H,45,46)(H3,39,41,42,44)/p-1/t30-,31+,32+/m0/s1. The predicted molar refractivity (Wildman–Crippen MR) is 194 cm³/mol. The van der Waals surface area contributed by atoms with Crippen molar-refractivity contribution in [1.82, 2.24) is 19.5 Å². The van der Waals surface area contributed by atoms with Gasteiger partial charge in [0.1, 0.15) is 35.2 Å². The molecule has 0 saturated carbocycles. The fourth-order valence-electron chi connectivity index (χ4n) is 6.39. The smallest absolute Gasteiger partial charge is 0.320 e. The van der Waals surface area contributed by atoms with Gasteiger partial charge in [-0.15, -0.1) is 0 Å². The van der Waals surface area contributed by atoms with Crippen molar-refractivity contribution < 1.29 is 37.5 Å². The molecular formula is C37H34ClN5O9P-. The van der Waals surface area contributed by atoms with Crippen molar-refractivity contribution >= 4 is 36.5 Å². The summed E-state index contributed by atoms with van der Waals surface area (Å²) in [6, 6.07) is 30.6. The summed E-state index contributed by atoms with van der Waals surface area (Å²) < 4.78 is 50.4. The van der Waals surface area contributed by atoms with E-state index in [4.69, 9.17) is 45.3 Å². The molecule has 53 heavy (non-hydrogen) atoms. The number of H-pyrrole nitrogens is 1. The van der Waals surface area contributed by atoms with Crippen molar-refractivity contribution in [3.8, 4) is 17.2 Å². The van der Waals surface area contributed by atoms with Gasteiger partial charge in [-0.1, -0.05) is 78.3 Å². The molecular weight excluding hydrogens is 725 g/mol. The van der Waals surface area contributed by atoms with Gasteiger partial charge in [-0.3, -0.25) is 18.9 Å². The van der Waals surface area contributed by atoms with Gasteiger partial charge in [-0.25, -0.2) is 4.98 Å². The van der Waals surface area contributed by atoms with Crippen LogP contribution in [0.5, 0.6) is 17.2 Å². The lowest BCUT2D eigenvalue weighted by Crippen LogP contribution is -2.38. The molecule has 1 fully saturated rings. The van der Waals surface area contributed by atoms with E-state index in [9.17, 15) is 14.3 Å². The summed E-state index contributed by atoms with van der Waals surface area (Å²) in [5.74, 6) is 1.06. The van der Waals surface area contributed by atoms with E-state index in [-0.39, 0.29) is 40.9 Å². The lowest BCUT2D eigenvalue weighted by Gasteiger charge is -2.37. The molecule has 0 spiro atoms. The largest absolute Gasteiger partial charge is 0.746 e. The van der Waals surface area contributed by atoms with E-state index in [1.54, 1.807) is 26.4 Å². The van der Waals surface area contributed by atoms with E-state index in [1.807, 2.05) is 78.9 Å². The minimum Gasteiger partial charge on any atom is -0.746 e. The third-order valence-electron chi connectivity index (χ3n) is 8.89. The molecule has 0 amide bonds. The highest BCUT2D eigenvalue weighted by molar-refractivity contribution is 7.46. The van der Waals surface area contributed by atoms with Gasteiger partial charge in [0, 0.05) is 6.42 Å². The topological polar surface area (TPSA) is 185 Å². The van der Waals surface area contributed by atoms with E-state index >= 15 is 0 Å². The molecule has 3 heterocycles. The summed E-state index contributed by atoms with van der Waals surface area (Å²) >= 11 is 6.20. The van der Waals surface area contributed by atoms with Gasteiger partial charge in [0.2, 0.25) is 5.95 Å². The number of ether oxygens (including phenoxy) is 4. The summed E-state index contributed by atoms with van der Waals surface area (Å²) in [5, 5.41) is 0.0815. The van der Waals surface area contributed by atoms with E-state index in [2.05, 4.69) is 15.0 Å². The number of para-hydroxylation sites is 1. The number of hydrogen-bond acceptors (Lipinski definition) is 12. The zero-order chi connectivity index (χ0) is 37.2. The first kappa shape index (κ1) is 36.2. The number of imidazole rings is 1. The molecule has 274 valence electrons. The Bertz CT molecular complexity index is 2260. The lowest BCUT2D eigenvalue weighted by molar-refractivity contribution is -0.223. The van der Waals surface area contributed by atoms with Crippen LogP contribution in [0, 0.1) is 0 Å². The van der Waals surface area contributed by atoms with E-state index in [1.165, 1.54) is 23.0 Å². The van der Waals surface area contributed by atoms with Crippen molar-refractivity contribution in [2.45, 2.75) is 30.5 Å². The third kappa shape index (κ3) is 7.38. The van der Waals surface area contributed by atoms with E-state index in [0.717, 1.165) is 16.7 Å². The molecule has 6 aromatic rings. The van der Waals surface area contributed by atoms with Gasteiger partial charge >= 0.3 is 7.82 Å². The molecule has 1 unspecified atom stereocenters. The number of fused-ring (bicyclic) bond motifs is 1. The molecule has 14 nitrogen and oxygen atoms in total. The minimum atomic E-state index is -5.07. The number of benzene rings is 4. The number of nitrogens with zero attached hydrogens (tertiary/aromatic N) is 3. The second-order valence-corrected chi connectivity index (χ2v) is 13.8. The summed E-state index contributed by atoms with van der Waals surface area (Å²) in [6.07, 6.45) is -1.73. The van der Waals surface area contributed by atoms with Gasteiger partial charge in [0.25, 0.3) is 5.56 Å². The summed E-state index contributed by atoms with van der Waals surface area (Å²) in [5.41, 5.74) is 6.50. The summed E-state index contributed by atoms with van der Waals surface area (Å²) in [6.45, 7) is -0.191. The Kier molecular flexibility index (Phi) is 10.3. The molecule has 1 aliphatic heterocycles. The van der Waals surface area contributed by atoms with Crippen LogP contribution in [0.4, 0.5) is 5.95 Å². The Morgan fingerprint density at radius 2 is 1.55 bits per heavy atom. The molecule has 1 aliphatic rings. The van der Waals surface area contributed by atoms with Crippen molar-refractivity contribution in [2.75, 3.05) is 26.6 Å². The van der Waals surface area contributed by atoms with Gasteiger partial charge in [-0.2, -0.15) is 4.98 Å². The number of hydrogen-bond donors (Lipinski definition) is 2. The average molecular weight is 759 g/mol. The first-order valence-electron chi connectivity index (χ1n) is 16.4. The number of nitrogen functional groups attached to an aromatic ring is 1. The fourth-order valence-corrected chi connectivity index (χ4v) is 7.62. The van der Waals surface area contributed by atoms with Crippen molar-refractivity contribution in [1.29, 1.82) is 0 Å². The maximum atomic E-state index is 13.4. The SMILES string of the molecule is COc1ccc(C(OC[C@H]2O[C@@H](n3cnc4c(=O)[nH]c(N)nc43)C[C@@H]2OP(=O)([O-])Oc2ccccc2Cl)(c2ccccc2)c2ccc(OC)cc2)cc1. The van der Waals surface area contributed by atoms with Crippen LogP contribution < -0.4 is 30.2 Å². The van der Waals surface area contributed by atoms with Crippen molar-refractivity contribution in [3.63, 3.8) is 0 Å². The van der Waals surface area contributed by atoms with Crippen LogP contribution >= 0.6 is 19.4 Å². The fraction of sp³-hybridized carbons (Fsp3) is 0.216. The zero-order valence-corrected chi connectivity index (χ0v) is 30.1. The Morgan fingerprint density at radius 1 is 0.943 bits per heavy atom. The number of methoxy groups -OCH3 is 2. The van der Waals surface area contributed by atoms with Gasteiger partial charge < -0.3 is 38.6 Å². The van der Waals surface area contributed by atoms with Crippen LogP contribution in [0.3, 0.4) is 0 Å². The quantitative estimate of drug-likeness (QED) is 0.110. The van der Waals surface area contributed by atoms with Gasteiger partial charge in [0.05, 0.1) is 38.3 Å². The number of halogens is 1. The minimum absolute atomic E-state index is 0.0265. The molecule has 0 aliphatic carbocycles. The Hall–Kier alpha value is -5.21. The highest BCUT2D eigenvalue weighted by atomic mass is 35.5. The van der Waals surface area contributed by atoms with Gasteiger partial charge in [0.15, 0.2) is 11.2 Å². The average Bonchev–Trinajstić information content (AvgIpc) is 3.77. The molecule has 0 radical (unpaired) electrons. The van der Waals surface area contributed by atoms with Gasteiger partial charge in [-0.05, 0) is 53.1 Å². The summed E-state index contributed by atoms with van der Waals surface area (Å²) in [7, 11) is -1.90. The maximum absolute atomic E-state index is 13.4. The lowest BCUT2D eigenvalue weighted by atomic mass is 9.80. The first-order valence-corrected chi connectivity index (χ1v) is 18.2. The molecule has 3 N–H and O–H groups in total. The molecule has 4 aromatic carbocycles. The molecule has 0 bridgehead atoms. The highest BCUT2D eigenvalue weighted by Gasteiger charge is 2.44. The van der Waals surface area contributed by atoms with Crippen LogP contribution in [-0.2, 0) is 24.2 Å². The Labute approximate surface area is 308 Å². The number of aromatic nitrogens is 4. The van der Waals surface area contributed by atoms with E-state index in [0.29, 0.717) is 11.5 Å². The van der Waals surface area contributed by atoms with Crippen LogP contribution in [-0.4, -0.2) is 52.6 Å². The van der Waals surface area contributed by atoms with E-state index < -0.39 is 37.4 Å². The number of rotatable bonds is 13. The Morgan fingerprint density at radius 3 is 2.17 bits per heavy atom. The number of aromatic amines is 1. The number of phosphoric ester groups is 1. The highest BCUT2D eigenvalue weighted by Crippen LogP contribution is 2.48. The Balaban J connectivity index is 1.29. The van der Waals surface area contributed by atoms with Crippen molar-refractivity contribution in [3.05, 3.63) is 142 Å². The van der Waals surface area contributed by atoms with Crippen LogP contribution in [0.15, 0.2) is 114 Å². The molecule has 7 rings (SSSR count). The molecule has 1 saturated heterocycles. The second kappa shape index (κ2) is 15.0. The molecule has 2 aromatic heterocycles. The molecule has 16 heteroatoms. The normalized spacial score (nSPS) is 18.5. The number of nitrogens with one attached hydrogen (secondary N) is 1. The van der Waals surface area contributed by atoms with Crippen LogP contribution in [0.25, 0.3) is 11.2 Å². The number of phosphoric acid groups is 1. The number of anilines is 1. The third-order valence-corrected chi connectivity index (χ3v) is 10.2. The molecule has 4 atom stereocenters. The maximum Gasteiger partial charge on any atom is 0.320 e. The monoisotopic (exact) mass is 758 g/mol. The van der Waals surface area contributed by atoms with Crippen LogP contribution in [0.1, 0.15) is 29.3 Å². The first-order chi connectivity index (χ1) is 25.6. The zero-order valence-electron chi connectivity index (χ0n) is 28.5. The second-order valence-electron chi connectivity index (χ2n) is 12.1.